The number of fused-ring (bicyclic) bond motifs is 1. The van der Waals surface area contributed by atoms with E-state index in [4.69, 9.17) is 14.0 Å². The Balaban J connectivity index is 1.35. The predicted octanol–water partition coefficient (Wildman–Crippen LogP) is 1.33. The third-order valence-electron chi connectivity index (χ3n) is 6.30. The zero-order valence-corrected chi connectivity index (χ0v) is 17.6. The number of likely N-dealkylation sites (tertiary alicyclic amines) is 1. The molecule has 4 atom stereocenters. The number of aromatic nitrogens is 2. The van der Waals surface area contributed by atoms with Gasteiger partial charge >= 0.3 is 0 Å². The summed E-state index contributed by atoms with van der Waals surface area (Å²) >= 11 is 0. The van der Waals surface area contributed by atoms with Crippen LogP contribution in [0.25, 0.3) is 0 Å². The number of carbonyl (C=O) groups excluding carboxylic acids is 2. The zero-order chi connectivity index (χ0) is 21.8. The molecule has 2 fully saturated rings. The molecule has 31 heavy (non-hydrogen) atoms. The lowest BCUT2D eigenvalue weighted by molar-refractivity contribution is -0.143. The van der Waals surface area contributed by atoms with Crippen molar-refractivity contribution >= 4 is 11.8 Å². The number of carbonyl (C=O) groups is 2. The van der Waals surface area contributed by atoms with Gasteiger partial charge in [-0.2, -0.15) is 4.98 Å². The Morgan fingerprint density at radius 1 is 1.42 bits per heavy atom. The van der Waals surface area contributed by atoms with Gasteiger partial charge in [-0.3, -0.25) is 9.59 Å². The lowest BCUT2D eigenvalue weighted by Crippen LogP contribution is -2.44. The van der Waals surface area contributed by atoms with E-state index in [-0.39, 0.29) is 18.4 Å². The molecule has 0 N–H and O–H groups in total. The number of amides is 2. The molecule has 5 rings (SSSR count). The summed E-state index contributed by atoms with van der Waals surface area (Å²) in [6.07, 6.45) is 3.47. The summed E-state index contributed by atoms with van der Waals surface area (Å²) in [6.45, 7) is 2.78. The maximum absolute atomic E-state index is 13.4. The fourth-order valence-electron chi connectivity index (χ4n) is 4.94. The first-order chi connectivity index (χ1) is 14.9. The molecule has 9 heteroatoms. The van der Waals surface area contributed by atoms with Crippen molar-refractivity contribution in [1.82, 2.24) is 19.9 Å². The van der Waals surface area contributed by atoms with Gasteiger partial charge < -0.3 is 23.8 Å². The number of hydrogen-bond acceptors (Lipinski definition) is 7. The first kappa shape index (κ1) is 19.7. The van der Waals surface area contributed by atoms with E-state index in [1.807, 2.05) is 36.4 Å². The lowest BCUT2D eigenvalue weighted by atomic mass is 9.76. The van der Waals surface area contributed by atoms with Gasteiger partial charge in [0.25, 0.3) is 0 Å². The summed E-state index contributed by atoms with van der Waals surface area (Å²) in [4.78, 5) is 34.2. The Bertz CT molecular complexity index is 1070. The van der Waals surface area contributed by atoms with Crippen molar-refractivity contribution in [1.29, 1.82) is 0 Å². The molecule has 1 aromatic heterocycles. The van der Waals surface area contributed by atoms with Gasteiger partial charge in [0.2, 0.25) is 17.7 Å². The van der Waals surface area contributed by atoms with E-state index in [2.05, 4.69) is 10.1 Å². The molecule has 2 aromatic rings. The topological polar surface area (TPSA) is 98.0 Å². The van der Waals surface area contributed by atoms with Gasteiger partial charge in [0, 0.05) is 20.5 Å². The summed E-state index contributed by atoms with van der Waals surface area (Å²) < 4.78 is 16.5. The third-order valence-corrected chi connectivity index (χ3v) is 6.30. The molecule has 2 bridgehead atoms. The third kappa shape index (κ3) is 3.20. The van der Waals surface area contributed by atoms with E-state index in [1.54, 1.807) is 30.9 Å². The van der Waals surface area contributed by atoms with Crippen molar-refractivity contribution in [2.45, 2.75) is 31.7 Å². The van der Waals surface area contributed by atoms with Crippen molar-refractivity contribution in [3.8, 4) is 5.75 Å². The summed E-state index contributed by atoms with van der Waals surface area (Å²) in [7, 11) is 3.30. The summed E-state index contributed by atoms with van der Waals surface area (Å²) in [5, 5.41) is 3.86. The number of benzene rings is 1. The normalized spacial score (nSPS) is 28.3. The minimum atomic E-state index is -0.746. The standard InChI is InChI=1S/C22H24N4O5/c1-13-23-17(24-31-13)11-25(2)20(27)18-16-7-8-22(30-16)12-26(21(28)19(18)22)10-14-5-4-6-15(9-14)29-3/h4-9,16,18-19H,10-12H2,1-3H3/t16-,18?,19?,22-/m1/s1. The van der Waals surface area contributed by atoms with Crippen LogP contribution < -0.4 is 4.74 Å². The van der Waals surface area contributed by atoms with Crippen LogP contribution in [0.2, 0.25) is 0 Å². The number of rotatable bonds is 6. The smallest absolute Gasteiger partial charge is 0.230 e. The molecular weight excluding hydrogens is 400 g/mol. The number of aryl methyl sites for hydroxylation is 1. The van der Waals surface area contributed by atoms with Gasteiger partial charge in [-0.05, 0) is 17.7 Å². The second-order valence-corrected chi connectivity index (χ2v) is 8.37. The summed E-state index contributed by atoms with van der Waals surface area (Å²) in [5.74, 6) is 0.309. The monoisotopic (exact) mass is 424 g/mol. The molecule has 0 radical (unpaired) electrons. The van der Waals surface area contributed by atoms with Crippen LogP contribution in [0, 0.1) is 18.8 Å². The first-order valence-corrected chi connectivity index (χ1v) is 10.2. The zero-order valence-electron chi connectivity index (χ0n) is 17.6. The largest absolute Gasteiger partial charge is 0.497 e. The highest BCUT2D eigenvalue weighted by atomic mass is 16.5. The van der Waals surface area contributed by atoms with Gasteiger partial charge in [0.05, 0.1) is 38.1 Å². The number of nitrogens with zero attached hydrogens (tertiary/aromatic N) is 4. The second kappa shape index (κ2) is 7.19. The number of methoxy groups -OCH3 is 1. The van der Waals surface area contributed by atoms with Gasteiger partial charge in [0.1, 0.15) is 11.4 Å². The van der Waals surface area contributed by atoms with Crippen LogP contribution in [0.5, 0.6) is 5.75 Å². The Kier molecular flexibility index (Phi) is 4.58. The van der Waals surface area contributed by atoms with E-state index in [9.17, 15) is 9.59 Å². The molecular formula is C22H24N4O5. The highest BCUT2D eigenvalue weighted by molar-refractivity contribution is 5.93. The average Bonchev–Trinajstić information content (AvgIpc) is 3.50. The van der Waals surface area contributed by atoms with Crippen LogP contribution in [0.4, 0.5) is 0 Å². The molecule has 2 saturated heterocycles. The number of ether oxygens (including phenoxy) is 2. The Morgan fingerprint density at radius 2 is 2.26 bits per heavy atom. The molecule has 9 nitrogen and oxygen atoms in total. The van der Waals surface area contributed by atoms with E-state index < -0.39 is 23.5 Å². The molecule has 0 aliphatic carbocycles. The van der Waals surface area contributed by atoms with E-state index >= 15 is 0 Å². The fraction of sp³-hybridized carbons (Fsp3) is 0.455. The van der Waals surface area contributed by atoms with Crippen LogP contribution in [0.15, 0.2) is 40.9 Å². The van der Waals surface area contributed by atoms with Crippen LogP contribution in [-0.4, -0.2) is 64.2 Å². The first-order valence-electron chi connectivity index (χ1n) is 10.2. The maximum Gasteiger partial charge on any atom is 0.230 e. The van der Waals surface area contributed by atoms with Crippen LogP contribution >= 0.6 is 0 Å². The highest BCUT2D eigenvalue weighted by Gasteiger charge is 2.67. The Morgan fingerprint density at radius 3 is 3.00 bits per heavy atom. The van der Waals surface area contributed by atoms with Gasteiger partial charge in [-0.15, -0.1) is 0 Å². The molecule has 2 unspecified atom stereocenters. The highest BCUT2D eigenvalue weighted by Crippen LogP contribution is 2.52. The fourth-order valence-corrected chi connectivity index (χ4v) is 4.94. The quantitative estimate of drug-likeness (QED) is 0.645. The summed E-state index contributed by atoms with van der Waals surface area (Å²) in [5.41, 5.74) is 0.222. The van der Waals surface area contributed by atoms with Gasteiger partial charge in [-0.25, -0.2) is 0 Å². The van der Waals surface area contributed by atoms with E-state index in [1.165, 1.54) is 0 Å². The molecule has 1 aromatic carbocycles. The van der Waals surface area contributed by atoms with Gasteiger partial charge in [-0.1, -0.05) is 29.4 Å². The van der Waals surface area contributed by atoms with Crippen LogP contribution in [0.3, 0.4) is 0 Å². The summed E-state index contributed by atoms with van der Waals surface area (Å²) in [6, 6.07) is 7.64. The molecule has 3 aliphatic rings. The Labute approximate surface area is 179 Å². The SMILES string of the molecule is COc1cccc(CN2C[C@@]34C=C[C@@H](O3)C(C(=O)N(C)Cc3noc(C)n3)C4C2=O)c1. The van der Waals surface area contributed by atoms with E-state index in [0.29, 0.717) is 24.8 Å². The minimum absolute atomic E-state index is 0.0585. The van der Waals surface area contributed by atoms with Crippen molar-refractivity contribution < 1.29 is 23.6 Å². The average molecular weight is 424 g/mol. The maximum atomic E-state index is 13.4. The molecule has 3 aliphatic heterocycles. The predicted molar refractivity (Wildman–Crippen MR) is 108 cm³/mol. The molecule has 162 valence electrons. The number of hydrogen-bond donors (Lipinski definition) is 0. The van der Waals surface area contributed by atoms with Crippen LogP contribution in [-0.2, 0) is 27.4 Å². The van der Waals surface area contributed by atoms with Gasteiger partial charge in [0.15, 0.2) is 5.82 Å². The van der Waals surface area contributed by atoms with Crippen molar-refractivity contribution in [2.24, 2.45) is 11.8 Å². The van der Waals surface area contributed by atoms with Crippen molar-refractivity contribution in [2.75, 3.05) is 20.7 Å². The van der Waals surface area contributed by atoms with Crippen molar-refractivity contribution in [3.63, 3.8) is 0 Å². The van der Waals surface area contributed by atoms with E-state index in [0.717, 1.165) is 11.3 Å². The molecule has 0 saturated carbocycles. The second-order valence-electron chi connectivity index (χ2n) is 8.37. The molecule has 1 spiro atoms. The molecule has 2 amide bonds. The minimum Gasteiger partial charge on any atom is -0.497 e. The van der Waals surface area contributed by atoms with Crippen molar-refractivity contribution in [3.05, 3.63) is 53.7 Å². The Hall–Kier alpha value is -3.20. The van der Waals surface area contributed by atoms with Crippen LogP contribution in [0.1, 0.15) is 17.3 Å². The lowest BCUT2D eigenvalue weighted by Gasteiger charge is -2.27. The molecule has 4 heterocycles.